The molecular formula is C12H18N2O2. The molecule has 0 saturated carbocycles. The second-order valence-electron chi connectivity index (χ2n) is 3.72. The minimum absolute atomic E-state index is 0.167. The van der Waals surface area contributed by atoms with Crippen LogP contribution in [0, 0.1) is 0 Å². The number of carbonyl (C=O) groups excluding carboxylic acids is 1. The Morgan fingerprint density at radius 2 is 2.12 bits per heavy atom. The highest BCUT2D eigenvalue weighted by atomic mass is 16.3. The van der Waals surface area contributed by atoms with Gasteiger partial charge in [-0.25, -0.2) is 0 Å². The fourth-order valence-corrected chi connectivity index (χ4v) is 1.68. The summed E-state index contributed by atoms with van der Waals surface area (Å²) in [6.45, 7) is 4.49. The van der Waals surface area contributed by atoms with Gasteiger partial charge in [0.15, 0.2) is 0 Å². The van der Waals surface area contributed by atoms with Gasteiger partial charge in [0.25, 0.3) is 0 Å². The number of hydrogen-bond acceptors (Lipinski definition) is 3. The van der Waals surface area contributed by atoms with E-state index in [1.165, 1.54) is 0 Å². The lowest BCUT2D eigenvalue weighted by molar-refractivity contribution is -0.116. The van der Waals surface area contributed by atoms with Gasteiger partial charge < -0.3 is 15.7 Å². The molecule has 3 N–H and O–H groups in total. The molecule has 0 saturated heterocycles. The Balaban J connectivity index is 3.03. The van der Waals surface area contributed by atoms with Crippen LogP contribution >= 0.6 is 0 Å². The lowest BCUT2D eigenvalue weighted by Gasteiger charge is -2.25. The summed E-state index contributed by atoms with van der Waals surface area (Å²) < 4.78 is 0. The molecule has 0 bridgehead atoms. The zero-order chi connectivity index (χ0) is 12.1. The maximum absolute atomic E-state index is 10.9. The van der Waals surface area contributed by atoms with Crippen molar-refractivity contribution in [3.05, 3.63) is 29.8 Å². The van der Waals surface area contributed by atoms with E-state index in [0.717, 1.165) is 11.3 Å². The molecule has 0 aliphatic rings. The molecule has 4 heteroatoms. The molecule has 1 atom stereocenters. The predicted molar refractivity (Wildman–Crippen MR) is 64.2 cm³/mol. The molecule has 0 aliphatic heterocycles. The maximum atomic E-state index is 10.9. The number of primary amides is 1. The summed E-state index contributed by atoms with van der Waals surface area (Å²) in [6.07, 6.45) is -0.557. The first kappa shape index (κ1) is 12.5. The smallest absolute Gasteiger partial charge is 0.236 e. The van der Waals surface area contributed by atoms with Gasteiger partial charge in [-0.05, 0) is 19.9 Å². The van der Waals surface area contributed by atoms with Gasteiger partial charge in [-0.2, -0.15) is 0 Å². The summed E-state index contributed by atoms with van der Waals surface area (Å²) in [6, 6.07) is 7.48. The zero-order valence-corrected chi connectivity index (χ0v) is 9.68. The zero-order valence-electron chi connectivity index (χ0n) is 9.68. The van der Waals surface area contributed by atoms with Crippen LogP contribution in [0.25, 0.3) is 0 Å². The second kappa shape index (κ2) is 5.51. The maximum Gasteiger partial charge on any atom is 0.236 e. The van der Waals surface area contributed by atoms with E-state index in [9.17, 15) is 9.90 Å². The van der Waals surface area contributed by atoms with Crippen molar-refractivity contribution in [3.8, 4) is 0 Å². The lowest BCUT2D eigenvalue weighted by Crippen LogP contribution is -2.34. The first-order valence-electron chi connectivity index (χ1n) is 5.36. The molecule has 1 aromatic carbocycles. The molecule has 16 heavy (non-hydrogen) atoms. The van der Waals surface area contributed by atoms with Crippen LogP contribution in [0.3, 0.4) is 0 Å². The van der Waals surface area contributed by atoms with Crippen molar-refractivity contribution < 1.29 is 9.90 Å². The van der Waals surface area contributed by atoms with E-state index in [-0.39, 0.29) is 12.5 Å². The number of nitrogens with two attached hydrogens (primary N) is 1. The summed E-state index contributed by atoms with van der Waals surface area (Å²) in [7, 11) is 0. The molecule has 1 amide bonds. The van der Waals surface area contributed by atoms with E-state index >= 15 is 0 Å². The first-order valence-corrected chi connectivity index (χ1v) is 5.36. The molecule has 88 valence electrons. The summed E-state index contributed by atoms with van der Waals surface area (Å²) >= 11 is 0. The number of para-hydroxylation sites is 1. The highest BCUT2D eigenvalue weighted by Gasteiger charge is 2.13. The fourth-order valence-electron chi connectivity index (χ4n) is 1.68. The molecule has 1 rings (SSSR count). The highest BCUT2D eigenvalue weighted by Crippen LogP contribution is 2.25. The second-order valence-corrected chi connectivity index (χ2v) is 3.72. The van der Waals surface area contributed by atoms with E-state index in [2.05, 4.69) is 0 Å². The van der Waals surface area contributed by atoms with Crippen LogP contribution < -0.4 is 10.6 Å². The Hall–Kier alpha value is -1.55. The van der Waals surface area contributed by atoms with Crippen LogP contribution in [-0.2, 0) is 4.79 Å². The largest absolute Gasteiger partial charge is 0.389 e. The Kier molecular flexibility index (Phi) is 4.31. The van der Waals surface area contributed by atoms with Gasteiger partial charge in [-0.15, -0.1) is 0 Å². The number of aliphatic hydroxyl groups excluding tert-OH is 1. The van der Waals surface area contributed by atoms with Crippen LogP contribution in [0.4, 0.5) is 5.69 Å². The Bertz CT molecular complexity index is 364. The van der Waals surface area contributed by atoms with Crippen molar-refractivity contribution in [3.63, 3.8) is 0 Å². The third-order valence-electron chi connectivity index (χ3n) is 2.46. The lowest BCUT2D eigenvalue weighted by atomic mass is 10.1. The molecule has 0 fully saturated rings. The topological polar surface area (TPSA) is 66.6 Å². The molecule has 0 aromatic heterocycles. The predicted octanol–water partition coefficient (Wildman–Crippen LogP) is 1.05. The van der Waals surface area contributed by atoms with Crippen LogP contribution in [0.15, 0.2) is 24.3 Å². The van der Waals surface area contributed by atoms with Crippen LogP contribution in [0.1, 0.15) is 25.5 Å². The first-order chi connectivity index (χ1) is 7.56. The van der Waals surface area contributed by atoms with Gasteiger partial charge in [-0.3, -0.25) is 4.79 Å². The fraction of sp³-hybridized carbons (Fsp3) is 0.417. The van der Waals surface area contributed by atoms with E-state index in [4.69, 9.17) is 5.73 Å². The Labute approximate surface area is 95.7 Å². The van der Waals surface area contributed by atoms with Crippen molar-refractivity contribution in [2.45, 2.75) is 20.0 Å². The van der Waals surface area contributed by atoms with Gasteiger partial charge >= 0.3 is 0 Å². The van der Waals surface area contributed by atoms with Crippen molar-refractivity contribution in [1.29, 1.82) is 0 Å². The van der Waals surface area contributed by atoms with E-state index in [0.29, 0.717) is 6.54 Å². The number of nitrogens with zero attached hydrogens (tertiary/aromatic N) is 1. The van der Waals surface area contributed by atoms with Crippen LogP contribution in [0.2, 0.25) is 0 Å². The van der Waals surface area contributed by atoms with E-state index < -0.39 is 6.10 Å². The number of benzene rings is 1. The molecule has 0 radical (unpaired) electrons. The summed E-state index contributed by atoms with van der Waals surface area (Å²) in [5, 5.41) is 9.64. The molecule has 4 nitrogen and oxygen atoms in total. The number of amides is 1. The van der Waals surface area contributed by atoms with Crippen LogP contribution in [-0.4, -0.2) is 24.1 Å². The normalized spacial score (nSPS) is 12.2. The van der Waals surface area contributed by atoms with Crippen molar-refractivity contribution in [2.75, 3.05) is 18.0 Å². The van der Waals surface area contributed by atoms with Gasteiger partial charge in [0.05, 0.1) is 12.6 Å². The number of rotatable bonds is 5. The number of hydrogen-bond donors (Lipinski definition) is 2. The monoisotopic (exact) mass is 222 g/mol. The third-order valence-corrected chi connectivity index (χ3v) is 2.46. The number of anilines is 1. The molecular weight excluding hydrogens is 204 g/mol. The van der Waals surface area contributed by atoms with E-state index in [1.807, 2.05) is 36.1 Å². The summed E-state index contributed by atoms with van der Waals surface area (Å²) in [4.78, 5) is 12.8. The molecule has 0 aliphatic carbocycles. The highest BCUT2D eigenvalue weighted by molar-refractivity contribution is 5.80. The third kappa shape index (κ3) is 2.97. The number of aliphatic hydroxyl groups is 1. The molecule has 1 aromatic rings. The number of carbonyl (C=O) groups is 1. The molecule has 0 spiro atoms. The minimum atomic E-state index is -0.557. The summed E-state index contributed by atoms with van der Waals surface area (Å²) in [5.74, 6) is -0.373. The van der Waals surface area contributed by atoms with Crippen LogP contribution in [0.5, 0.6) is 0 Å². The van der Waals surface area contributed by atoms with Gasteiger partial charge in [-0.1, -0.05) is 18.2 Å². The van der Waals surface area contributed by atoms with Gasteiger partial charge in [0.1, 0.15) is 0 Å². The average molecular weight is 222 g/mol. The van der Waals surface area contributed by atoms with Gasteiger partial charge in [0, 0.05) is 17.8 Å². The van der Waals surface area contributed by atoms with Crippen molar-refractivity contribution in [2.24, 2.45) is 5.73 Å². The SMILES string of the molecule is CCN(CC(N)=O)c1ccccc1C(C)O. The quantitative estimate of drug-likeness (QED) is 0.782. The Morgan fingerprint density at radius 1 is 1.50 bits per heavy atom. The van der Waals surface area contributed by atoms with Crippen molar-refractivity contribution in [1.82, 2.24) is 0 Å². The summed E-state index contributed by atoms with van der Waals surface area (Å²) in [5.41, 5.74) is 6.86. The van der Waals surface area contributed by atoms with E-state index in [1.54, 1.807) is 6.92 Å². The van der Waals surface area contributed by atoms with Gasteiger partial charge in [0.2, 0.25) is 5.91 Å². The molecule has 0 heterocycles. The standard InChI is InChI=1S/C12H18N2O2/c1-3-14(8-12(13)16)11-7-5-4-6-10(11)9(2)15/h4-7,9,15H,3,8H2,1-2H3,(H2,13,16). The number of likely N-dealkylation sites (N-methyl/N-ethyl adjacent to an activating group) is 1. The minimum Gasteiger partial charge on any atom is -0.389 e. The Morgan fingerprint density at radius 3 is 2.62 bits per heavy atom. The molecule has 1 unspecified atom stereocenters. The van der Waals surface area contributed by atoms with Crippen molar-refractivity contribution >= 4 is 11.6 Å². The average Bonchev–Trinajstić information content (AvgIpc) is 2.25.